The van der Waals surface area contributed by atoms with Gasteiger partial charge in [-0.1, -0.05) is 36.4 Å². The van der Waals surface area contributed by atoms with Crippen LogP contribution in [0.15, 0.2) is 67.1 Å². The first kappa shape index (κ1) is 14.3. The number of rotatable bonds is 3. The van der Waals surface area contributed by atoms with E-state index in [4.69, 9.17) is 0 Å². The van der Waals surface area contributed by atoms with Gasteiger partial charge in [-0.3, -0.25) is 19.5 Å². The zero-order valence-corrected chi connectivity index (χ0v) is 12.7. The molecule has 0 spiro atoms. The molecule has 0 bridgehead atoms. The van der Waals surface area contributed by atoms with Crippen molar-refractivity contribution in [3.05, 3.63) is 78.2 Å². The van der Waals surface area contributed by atoms with Gasteiger partial charge in [0.05, 0.1) is 12.1 Å². The van der Waals surface area contributed by atoms with E-state index in [1.165, 1.54) is 4.90 Å². The third-order valence-corrected chi connectivity index (χ3v) is 3.98. The number of ketones is 1. The lowest BCUT2D eigenvalue weighted by Gasteiger charge is -2.15. The molecule has 3 heterocycles. The van der Waals surface area contributed by atoms with Crippen LogP contribution >= 0.6 is 0 Å². The lowest BCUT2D eigenvalue weighted by molar-refractivity contribution is -0.114. The van der Waals surface area contributed by atoms with Gasteiger partial charge in [-0.2, -0.15) is 0 Å². The molecular weight excluding hydrogens is 302 g/mol. The molecular formula is C19H13N3O2. The first-order chi connectivity index (χ1) is 11.7. The molecule has 0 unspecified atom stereocenters. The molecule has 0 aliphatic carbocycles. The van der Waals surface area contributed by atoms with E-state index in [9.17, 15) is 9.59 Å². The summed E-state index contributed by atoms with van der Waals surface area (Å²) in [5.41, 5.74) is 2.92. The van der Waals surface area contributed by atoms with E-state index < -0.39 is 11.7 Å². The third-order valence-electron chi connectivity index (χ3n) is 3.98. The van der Waals surface area contributed by atoms with Crippen molar-refractivity contribution in [2.75, 3.05) is 4.90 Å². The van der Waals surface area contributed by atoms with Crippen molar-refractivity contribution in [2.24, 2.45) is 0 Å². The van der Waals surface area contributed by atoms with Crippen LogP contribution in [0.3, 0.4) is 0 Å². The second-order valence-electron chi connectivity index (χ2n) is 5.54. The van der Waals surface area contributed by atoms with Gasteiger partial charge in [0.1, 0.15) is 5.82 Å². The van der Waals surface area contributed by atoms with Crippen LogP contribution in [0.1, 0.15) is 15.9 Å². The molecule has 3 aromatic rings. The van der Waals surface area contributed by atoms with E-state index in [1.54, 1.807) is 24.7 Å². The Morgan fingerprint density at radius 2 is 1.75 bits per heavy atom. The Morgan fingerprint density at radius 3 is 2.50 bits per heavy atom. The van der Waals surface area contributed by atoms with Gasteiger partial charge in [-0.15, -0.1) is 0 Å². The van der Waals surface area contributed by atoms with Crippen molar-refractivity contribution >= 4 is 17.5 Å². The van der Waals surface area contributed by atoms with Crippen molar-refractivity contribution in [3.8, 4) is 11.1 Å². The number of hydrogen-bond donors (Lipinski definition) is 0. The van der Waals surface area contributed by atoms with E-state index in [2.05, 4.69) is 9.97 Å². The van der Waals surface area contributed by atoms with Crippen LogP contribution < -0.4 is 4.90 Å². The van der Waals surface area contributed by atoms with E-state index in [-0.39, 0.29) is 0 Å². The molecule has 0 fully saturated rings. The Morgan fingerprint density at radius 1 is 0.917 bits per heavy atom. The number of Topliss-reactive ketones (excluding diaryl/α,β-unsaturated/α-hetero) is 1. The lowest BCUT2D eigenvalue weighted by Crippen LogP contribution is -2.29. The van der Waals surface area contributed by atoms with Gasteiger partial charge in [0.25, 0.3) is 5.78 Å². The van der Waals surface area contributed by atoms with Gasteiger partial charge < -0.3 is 0 Å². The molecule has 24 heavy (non-hydrogen) atoms. The molecule has 2 aromatic heterocycles. The number of amides is 1. The first-order valence-corrected chi connectivity index (χ1v) is 7.54. The topological polar surface area (TPSA) is 63.2 Å². The smallest absolute Gasteiger partial charge is 0.285 e. The monoisotopic (exact) mass is 315 g/mol. The number of nitrogens with zero attached hydrogens (tertiary/aromatic N) is 3. The maximum absolute atomic E-state index is 12.3. The molecule has 0 saturated carbocycles. The van der Waals surface area contributed by atoms with Gasteiger partial charge in [0.15, 0.2) is 0 Å². The van der Waals surface area contributed by atoms with Crippen LogP contribution in [-0.4, -0.2) is 21.7 Å². The minimum atomic E-state index is -0.537. The highest BCUT2D eigenvalue weighted by atomic mass is 16.2. The zero-order chi connectivity index (χ0) is 16.5. The predicted octanol–water partition coefficient (Wildman–Crippen LogP) is 2.87. The predicted molar refractivity (Wildman–Crippen MR) is 89.4 cm³/mol. The van der Waals surface area contributed by atoms with E-state index in [1.807, 2.05) is 42.5 Å². The molecule has 5 nitrogen and oxygen atoms in total. The Balaban J connectivity index is 1.73. The summed E-state index contributed by atoms with van der Waals surface area (Å²) in [5, 5.41) is 0. The molecule has 0 atom stereocenters. The van der Waals surface area contributed by atoms with Crippen LogP contribution in [-0.2, 0) is 11.3 Å². The van der Waals surface area contributed by atoms with E-state index in [0.29, 0.717) is 17.9 Å². The second-order valence-corrected chi connectivity index (χ2v) is 5.54. The molecule has 5 heteroatoms. The summed E-state index contributed by atoms with van der Waals surface area (Å²) >= 11 is 0. The van der Waals surface area contributed by atoms with Crippen LogP contribution in [0.2, 0.25) is 0 Å². The minimum absolute atomic E-state index is 0.331. The highest BCUT2D eigenvalue weighted by Gasteiger charge is 2.37. The van der Waals surface area contributed by atoms with Crippen molar-refractivity contribution in [3.63, 3.8) is 0 Å². The zero-order valence-electron chi connectivity index (χ0n) is 12.7. The molecule has 1 aliphatic rings. The average molecular weight is 315 g/mol. The number of benzene rings is 1. The fourth-order valence-corrected chi connectivity index (χ4v) is 2.78. The SMILES string of the molecule is O=C1C(=O)N(Cc2ccccc2)c2ncc(-c3cccnc3)cc21. The number of hydrogen-bond acceptors (Lipinski definition) is 4. The third kappa shape index (κ3) is 2.36. The largest absolute Gasteiger partial charge is 0.301 e. The summed E-state index contributed by atoms with van der Waals surface area (Å²) in [4.78, 5) is 34.5. The number of carbonyl (C=O) groups is 2. The first-order valence-electron chi connectivity index (χ1n) is 7.54. The lowest BCUT2D eigenvalue weighted by atomic mass is 10.1. The van der Waals surface area contributed by atoms with Crippen LogP contribution in [0.5, 0.6) is 0 Å². The van der Waals surface area contributed by atoms with Gasteiger partial charge >= 0.3 is 5.91 Å². The van der Waals surface area contributed by atoms with Crippen molar-refractivity contribution in [2.45, 2.75) is 6.54 Å². The molecule has 1 aromatic carbocycles. The fraction of sp³-hybridized carbons (Fsp3) is 0.0526. The van der Waals surface area contributed by atoms with Crippen LogP contribution in [0.4, 0.5) is 5.82 Å². The highest BCUT2D eigenvalue weighted by molar-refractivity contribution is 6.52. The molecule has 0 saturated heterocycles. The number of anilines is 1. The van der Waals surface area contributed by atoms with Crippen molar-refractivity contribution in [1.82, 2.24) is 9.97 Å². The Kier molecular flexibility index (Phi) is 3.39. The second kappa shape index (κ2) is 5.70. The minimum Gasteiger partial charge on any atom is -0.285 e. The van der Waals surface area contributed by atoms with Gasteiger partial charge in [0, 0.05) is 29.7 Å². The number of aromatic nitrogens is 2. The normalized spacial score (nSPS) is 13.2. The van der Waals surface area contributed by atoms with E-state index >= 15 is 0 Å². The maximum Gasteiger partial charge on any atom is 0.301 e. The molecule has 4 rings (SSSR count). The summed E-state index contributed by atoms with van der Waals surface area (Å²) in [6, 6.07) is 15.0. The van der Waals surface area contributed by atoms with Gasteiger partial charge in [-0.25, -0.2) is 4.98 Å². The summed E-state index contributed by atoms with van der Waals surface area (Å²) < 4.78 is 0. The maximum atomic E-state index is 12.3. The molecule has 0 N–H and O–H groups in total. The van der Waals surface area contributed by atoms with Crippen molar-refractivity contribution < 1.29 is 9.59 Å². The Hall–Kier alpha value is -3.34. The van der Waals surface area contributed by atoms with Crippen molar-refractivity contribution in [1.29, 1.82) is 0 Å². The number of carbonyl (C=O) groups excluding carboxylic acids is 2. The van der Waals surface area contributed by atoms with Crippen LogP contribution in [0, 0.1) is 0 Å². The Labute approximate surface area is 138 Å². The van der Waals surface area contributed by atoms with Gasteiger partial charge in [-0.05, 0) is 17.7 Å². The van der Waals surface area contributed by atoms with Gasteiger partial charge in [0.2, 0.25) is 0 Å². The average Bonchev–Trinajstić information content (AvgIpc) is 2.88. The van der Waals surface area contributed by atoms with E-state index in [0.717, 1.165) is 16.7 Å². The molecule has 116 valence electrons. The summed E-state index contributed by atoms with van der Waals surface area (Å²) in [6.45, 7) is 0.331. The Bertz CT molecular complexity index is 924. The number of pyridine rings is 2. The molecule has 1 aliphatic heterocycles. The standard InChI is InChI=1S/C19H13N3O2/c23-17-16-9-15(14-7-4-8-20-10-14)11-21-18(16)22(19(17)24)12-13-5-2-1-3-6-13/h1-11H,12H2. The number of fused-ring (bicyclic) bond motifs is 1. The quantitative estimate of drug-likeness (QED) is 0.697. The summed E-state index contributed by atoms with van der Waals surface area (Å²) in [6.07, 6.45) is 5.05. The molecule has 1 amide bonds. The summed E-state index contributed by atoms with van der Waals surface area (Å²) in [7, 11) is 0. The highest BCUT2D eigenvalue weighted by Crippen LogP contribution is 2.31. The van der Waals surface area contributed by atoms with Crippen LogP contribution in [0.25, 0.3) is 11.1 Å². The summed E-state index contributed by atoms with van der Waals surface area (Å²) in [5.74, 6) is -0.634. The molecule has 0 radical (unpaired) electrons. The fourth-order valence-electron chi connectivity index (χ4n) is 2.78.